The average Bonchev–Trinajstić information content (AvgIpc) is 3.34. The largest absolute Gasteiger partial charge is 0.327 e. The Balaban J connectivity index is 1.60. The smallest absolute Gasteiger partial charge is 0.254 e. The summed E-state index contributed by atoms with van der Waals surface area (Å²) in [5.41, 5.74) is 0.291. The number of carbonyl (C=O) groups is 1. The first-order chi connectivity index (χ1) is 11.6. The lowest BCUT2D eigenvalue weighted by molar-refractivity contribution is 0.0630. The molecule has 2 aromatic rings. The fourth-order valence-corrected chi connectivity index (χ4v) is 3.24. The van der Waals surface area contributed by atoms with Gasteiger partial charge < -0.3 is 9.47 Å². The lowest BCUT2D eigenvalue weighted by Gasteiger charge is -2.33. The van der Waals surface area contributed by atoms with Crippen LogP contribution in [0.15, 0.2) is 23.1 Å². The summed E-state index contributed by atoms with van der Waals surface area (Å²) in [7, 11) is 0. The monoisotopic (exact) mass is 327 g/mol. The SMILES string of the molecule is CCn1ccc(C(=O)N2CCn3nc(C4CC4)nc3[C@H]2C)cc1=O. The molecule has 1 atom stereocenters. The molecule has 2 aliphatic rings. The van der Waals surface area contributed by atoms with E-state index in [4.69, 9.17) is 0 Å². The highest BCUT2D eigenvalue weighted by Crippen LogP contribution is 2.39. The molecule has 126 valence electrons. The minimum absolute atomic E-state index is 0.120. The lowest BCUT2D eigenvalue weighted by Crippen LogP contribution is -2.41. The van der Waals surface area contributed by atoms with Gasteiger partial charge in [0, 0.05) is 36.8 Å². The van der Waals surface area contributed by atoms with Gasteiger partial charge in [-0.3, -0.25) is 9.59 Å². The van der Waals surface area contributed by atoms with E-state index in [9.17, 15) is 9.59 Å². The molecule has 24 heavy (non-hydrogen) atoms. The second kappa shape index (κ2) is 5.58. The van der Waals surface area contributed by atoms with Crippen LogP contribution in [0.3, 0.4) is 0 Å². The number of rotatable bonds is 3. The highest BCUT2D eigenvalue weighted by Gasteiger charge is 2.34. The molecule has 7 heteroatoms. The first-order valence-electron chi connectivity index (χ1n) is 8.54. The van der Waals surface area contributed by atoms with Crippen molar-refractivity contribution in [3.05, 3.63) is 45.9 Å². The Labute approximate surface area is 139 Å². The molecule has 1 amide bonds. The van der Waals surface area contributed by atoms with Crippen LogP contribution in [0.2, 0.25) is 0 Å². The van der Waals surface area contributed by atoms with Crippen LogP contribution >= 0.6 is 0 Å². The molecule has 1 fully saturated rings. The van der Waals surface area contributed by atoms with Crippen LogP contribution in [0.5, 0.6) is 0 Å². The summed E-state index contributed by atoms with van der Waals surface area (Å²) in [5, 5.41) is 4.58. The molecule has 3 heterocycles. The van der Waals surface area contributed by atoms with Crippen molar-refractivity contribution in [3.63, 3.8) is 0 Å². The fourth-order valence-electron chi connectivity index (χ4n) is 3.24. The van der Waals surface area contributed by atoms with E-state index in [0.717, 1.165) is 24.5 Å². The lowest BCUT2D eigenvalue weighted by atomic mass is 10.1. The van der Waals surface area contributed by atoms with Crippen LogP contribution in [0.25, 0.3) is 0 Å². The zero-order valence-corrected chi connectivity index (χ0v) is 14.0. The maximum atomic E-state index is 12.8. The van der Waals surface area contributed by atoms with Crippen molar-refractivity contribution in [2.75, 3.05) is 6.54 Å². The van der Waals surface area contributed by atoms with E-state index in [-0.39, 0.29) is 17.5 Å². The normalized spacial score (nSPS) is 20.1. The van der Waals surface area contributed by atoms with Crippen LogP contribution in [-0.4, -0.2) is 36.7 Å². The van der Waals surface area contributed by atoms with E-state index in [2.05, 4.69) is 10.1 Å². The Morgan fingerprint density at radius 3 is 2.79 bits per heavy atom. The first-order valence-corrected chi connectivity index (χ1v) is 8.54. The number of aromatic nitrogens is 4. The van der Waals surface area contributed by atoms with Crippen molar-refractivity contribution in [3.8, 4) is 0 Å². The Morgan fingerprint density at radius 1 is 1.33 bits per heavy atom. The highest BCUT2D eigenvalue weighted by molar-refractivity contribution is 5.94. The molecule has 0 unspecified atom stereocenters. The van der Waals surface area contributed by atoms with Crippen LogP contribution in [0, 0.1) is 0 Å². The maximum Gasteiger partial charge on any atom is 0.254 e. The second-order valence-electron chi connectivity index (χ2n) is 6.54. The number of hydrogen-bond acceptors (Lipinski definition) is 4. The molecule has 1 saturated carbocycles. The van der Waals surface area contributed by atoms with E-state index >= 15 is 0 Å². The molecule has 0 spiro atoms. The fraction of sp³-hybridized carbons (Fsp3) is 0.529. The van der Waals surface area contributed by atoms with Gasteiger partial charge in [0.05, 0.1) is 12.6 Å². The molecule has 1 aliphatic carbocycles. The Kier molecular flexibility index (Phi) is 3.51. The predicted octanol–water partition coefficient (Wildman–Crippen LogP) is 1.55. The summed E-state index contributed by atoms with van der Waals surface area (Å²) < 4.78 is 3.51. The van der Waals surface area contributed by atoms with E-state index in [1.807, 2.05) is 18.5 Å². The molecule has 2 aromatic heterocycles. The van der Waals surface area contributed by atoms with Crippen molar-refractivity contribution in [2.24, 2.45) is 0 Å². The van der Waals surface area contributed by atoms with Crippen molar-refractivity contribution in [2.45, 2.75) is 51.7 Å². The number of aryl methyl sites for hydroxylation is 1. The molecule has 0 bridgehead atoms. The highest BCUT2D eigenvalue weighted by atomic mass is 16.2. The van der Waals surface area contributed by atoms with E-state index in [1.165, 1.54) is 6.07 Å². The van der Waals surface area contributed by atoms with Crippen molar-refractivity contribution in [1.82, 2.24) is 24.2 Å². The minimum atomic E-state index is -0.146. The molecule has 0 radical (unpaired) electrons. The zero-order valence-electron chi connectivity index (χ0n) is 14.0. The van der Waals surface area contributed by atoms with Gasteiger partial charge in [0.15, 0.2) is 5.82 Å². The number of carbonyl (C=O) groups excluding carboxylic acids is 1. The number of amides is 1. The van der Waals surface area contributed by atoms with Gasteiger partial charge in [-0.05, 0) is 32.8 Å². The van der Waals surface area contributed by atoms with Gasteiger partial charge in [-0.1, -0.05) is 0 Å². The van der Waals surface area contributed by atoms with E-state index < -0.39 is 0 Å². The van der Waals surface area contributed by atoms with Gasteiger partial charge >= 0.3 is 0 Å². The molecule has 4 rings (SSSR count). The van der Waals surface area contributed by atoms with Gasteiger partial charge in [0.2, 0.25) is 0 Å². The summed E-state index contributed by atoms with van der Waals surface area (Å²) in [4.78, 5) is 31.3. The minimum Gasteiger partial charge on any atom is -0.327 e. The first kappa shape index (κ1) is 15.1. The van der Waals surface area contributed by atoms with E-state index in [0.29, 0.717) is 31.1 Å². The summed E-state index contributed by atoms with van der Waals surface area (Å²) in [6, 6.07) is 3.00. The van der Waals surface area contributed by atoms with Gasteiger partial charge in [-0.15, -0.1) is 0 Å². The topological polar surface area (TPSA) is 73.0 Å². The summed E-state index contributed by atoms with van der Waals surface area (Å²) >= 11 is 0. The number of nitrogens with zero attached hydrogens (tertiary/aromatic N) is 5. The molecule has 7 nitrogen and oxygen atoms in total. The van der Waals surface area contributed by atoms with Crippen LogP contribution in [-0.2, 0) is 13.1 Å². The molecule has 1 aliphatic heterocycles. The molecular weight excluding hydrogens is 306 g/mol. The van der Waals surface area contributed by atoms with Gasteiger partial charge in [-0.25, -0.2) is 9.67 Å². The standard InChI is InChI=1S/C17H21N5O2/c1-3-20-7-6-13(10-14(20)23)17(24)21-8-9-22-16(11(21)2)18-15(19-22)12-4-5-12/h6-7,10-12H,3-5,8-9H2,1-2H3/t11-/m1/s1. The van der Waals surface area contributed by atoms with Crippen LogP contribution in [0.4, 0.5) is 0 Å². The van der Waals surface area contributed by atoms with Crippen molar-refractivity contribution < 1.29 is 4.79 Å². The zero-order chi connectivity index (χ0) is 16.8. The van der Waals surface area contributed by atoms with Gasteiger partial charge in [-0.2, -0.15) is 5.10 Å². The van der Waals surface area contributed by atoms with Gasteiger partial charge in [0.1, 0.15) is 5.82 Å². The summed E-state index contributed by atoms with van der Waals surface area (Å²) in [6.45, 7) is 5.70. The number of hydrogen-bond donors (Lipinski definition) is 0. The van der Waals surface area contributed by atoms with Crippen molar-refractivity contribution in [1.29, 1.82) is 0 Å². The molecular formula is C17H21N5O2. The van der Waals surface area contributed by atoms with Gasteiger partial charge in [0.25, 0.3) is 11.5 Å². The summed E-state index contributed by atoms with van der Waals surface area (Å²) in [5.74, 6) is 2.14. The molecule has 0 aromatic carbocycles. The maximum absolute atomic E-state index is 12.8. The average molecular weight is 327 g/mol. The quantitative estimate of drug-likeness (QED) is 0.857. The third-order valence-electron chi connectivity index (χ3n) is 4.90. The summed E-state index contributed by atoms with van der Waals surface area (Å²) in [6.07, 6.45) is 4.00. The van der Waals surface area contributed by atoms with E-state index in [1.54, 1.807) is 21.7 Å². The van der Waals surface area contributed by atoms with Crippen LogP contribution < -0.4 is 5.56 Å². The van der Waals surface area contributed by atoms with Crippen molar-refractivity contribution >= 4 is 5.91 Å². The predicted molar refractivity (Wildman–Crippen MR) is 87.8 cm³/mol. The third kappa shape index (κ3) is 2.44. The second-order valence-corrected chi connectivity index (χ2v) is 6.54. The third-order valence-corrected chi connectivity index (χ3v) is 4.90. The number of pyridine rings is 1. The molecule has 0 N–H and O–H groups in total. The number of fused-ring (bicyclic) bond motifs is 1. The molecule has 0 saturated heterocycles. The van der Waals surface area contributed by atoms with Crippen LogP contribution in [0.1, 0.15) is 60.7 Å². The Bertz CT molecular complexity index is 849. The Hall–Kier alpha value is -2.44. The Morgan fingerprint density at radius 2 is 2.12 bits per heavy atom.